The van der Waals surface area contributed by atoms with Crippen LogP contribution in [0.2, 0.25) is 0 Å². The van der Waals surface area contributed by atoms with Crippen LogP contribution in [0.5, 0.6) is 0 Å². The topological polar surface area (TPSA) is 25.8 Å². The van der Waals surface area contributed by atoms with Crippen molar-refractivity contribution in [3.63, 3.8) is 0 Å². The largest absolute Gasteiger partial charge is 0.534 e. The van der Waals surface area contributed by atoms with Crippen molar-refractivity contribution in [2.75, 3.05) is 6.61 Å². The summed E-state index contributed by atoms with van der Waals surface area (Å²) in [6, 6.07) is 0. The lowest BCUT2D eigenvalue weighted by Crippen LogP contribution is -2.19. The second-order valence-electron chi connectivity index (χ2n) is 3.40. The van der Waals surface area contributed by atoms with Crippen molar-refractivity contribution < 1.29 is 9.78 Å². The first kappa shape index (κ1) is 6.05. The average molecular weight is 116 g/mol. The van der Waals surface area contributed by atoms with E-state index in [1.165, 1.54) is 0 Å². The molecule has 0 N–H and O–H groups in total. The van der Waals surface area contributed by atoms with Gasteiger partial charge in [-0.15, -0.1) is 0 Å². The minimum absolute atomic E-state index is 0.159. The summed E-state index contributed by atoms with van der Waals surface area (Å²) in [5, 5.41) is 10.4. The molecule has 2 nitrogen and oxygen atoms in total. The van der Waals surface area contributed by atoms with Gasteiger partial charge in [-0.05, 0) is 0 Å². The Morgan fingerprint density at radius 3 is 1.88 bits per heavy atom. The van der Waals surface area contributed by atoms with Gasteiger partial charge in [0.2, 0.25) is 12.7 Å². The van der Waals surface area contributed by atoms with E-state index in [0.717, 1.165) is 0 Å². The summed E-state index contributed by atoms with van der Waals surface area (Å²) >= 11 is 0. The van der Waals surface area contributed by atoms with E-state index in [4.69, 9.17) is 0 Å². The Morgan fingerprint density at radius 2 is 1.88 bits per heavy atom. The van der Waals surface area contributed by atoms with E-state index < -0.39 is 0 Å². The van der Waals surface area contributed by atoms with E-state index in [9.17, 15) is 5.26 Å². The minimum atomic E-state index is 0.159. The molecule has 1 aliphatic heterocycles. The first-order chi connectivity index (χ1) is 3.52. The lowest BCUT2D eigenvalue weighted by molar-refractivity contribution is -0.739. The molecular formula is C6H12O2. The van der Waals surface area contributed by atoms with Gasteiger partial charge in [-0.2, -0.15) is 0 Å². The molecule has 48 valence electrons. The Labute approximate surface area is 49.7 Å². The van der Waals surface area contributed by atoms with Crippen LogP contribution in [0.3, 0.4) is 0 Å². The van der Waals surface area contributed by atoms with Crippen molar-refractivity contribution in [1.29, 1.82) is 0 Å². The summed E-state index contributed by atoms with van der Waals surface area (Å²) in [6.45, 7) is 6.87. The van der Waals surface area contributed by atoms with Gasteiger partial charge in [-0.1, -0.05) is 20.8 Å². The first-order valence-corrected chi connectivity index (χ1v) is 2.89. The summed E-state index contributed by atoms with van der Waals surface area (Å²) in [7, 11) is 0. The van der Waals surface area contributed by atoms with E-state index in [0.29, 0.717) is 6.61 Å². The molecule has 0 amide bonds. The van der Waals surface area contributed by atoms with Gasteiger partial charge in [0, 0.05) is 5.41 Å². The highest BCUT2D eigenvalue weighted by molar-refractivity contribution is 4.83. The zero-order chi connectivity index (χ0) is 6.36. The molecule has 1 aliphatic rings. The summed E-state index contributed by atoms with van der Waals surface area (Å²) < 4.78 is 1.81. The molecule has 1 saturated heterocycles. The molecule has 8 heavy (non-hydrogen) atoms. The zero-order valence-corrected chi connectivity index (χ0v) is 5.60. The van der Waals surface area contributed by atoms with Crippen molar-refractivity contribution >= 4 is 0 Å². The van der Waals surface area contributed by atoms with Crippen LogP contribution in [0.4, 0.5) is 0 Å². The average Bonchev–Trinajstić information content (AvgIpc) is 2.13. The number of rotatable bonds is 0. The van der Waals surface area contributed by atoms with Crippen LogP contribution >= 0.6 is 0 Å². The van der Waals surface area contributed by atoms with Crippen molar-refractivity contribution in [2.45, 2.75) is 26.9 Å². The Bertz CT molecular complexity index is 93.2. The third-order valence-corrected chi connectivity index (χ3v) is 1.48. The fourth-order valence-corrected chi connectivity index (χ4v) is 0.754. The van der Waals surface area contributed by atoms with E-state index in [1.54, 1.807) is 0 Å². The number of hydrogen-bond acceptors (Lipinski definition) is 1. The maximum absolute atomic E-state index is 10.4. The molecule has 1 unspecified atom stereocenters. The monoisotopic (exact) mass is 116 g/mol. The third-order valence-electron chi connectivity index (χ3n) is 1.48. The van der Waals surface area contributed by atoms with Crippen LogP contribution in [0.1, 0.15) is 20.8 Å². The van der Waals surface area contributed by atoms with Crippen LogP contribution in [-0.4, -0.2) is 12.7 Å². The highest BCUT2D eigenvalue weighted by Gasteiger charge is 2.48. The summed E-state index contributed by atoms with van der Waals surface area (Å²) in [5.41, 5.74) is 0.159. The van der Waals surface area contributed by atoms with Crippen LogP contribution in [-0.2, 0) is 4.52 Å². The van der Waals surface area contributed by atoms with Gasteiger partial charge in [0.15, 0.2) is 0 Å². The lowest BCUT2D eigenvalue weighted by atomic mass is 9.93. The molecule has 0 aromatic heterocycles. The van der Waals surface area contributed by atoms with Crippen LogP contribution in [0, 0.1) is 5.41 Å². The quantitative estimate of drug-likeness (QED) is 0.253. The van der Waals surface area contributed by atoms with E-state index >= 15 is 0 Å². The van der Waals surface area contributed by atoms with E-state index in [-0.39, 0.29) is 11.5 Å². The Morgan fingerprint density at radius 1 is 1.50 bits per heavy atom. The molecule has 1 atom stereocenters. The lowest BCUT2D eigenvalue weighted by Gasteiger charge is -2.12. The predicted molar refractivity (Wildman–Crippen MR) is 29.2 cm³/mol. The second-order valence-corrected chi connectivity index (χ2v) is 3.40. The van der Waals surface area contributed by atoms with Crippen LogP contribution in [0.15, 0.2) is 0 Å². The van der Waals surface area contributed by atoms with Crippen LogP contribution in [0.25, 0.3) is 0 Å². The molecule has 0 aromatic carbocycles. The Kier molecular flexibility index (Phi) is 1.10. The maximum Gasteiger partial charge on any atom is 0.236 e. The second kappa shape index (κ2) is 1.45. The summed E-state index contributed by atoms with van der Waals surface area (Å²) in [5.74, 6) is 0. The smallest absolute Gasteiger partial charge is 0.236 e. The van der Waals surface area contributed by atoms with E-state index in [1.807, 2.05) is 4.52 Å². The SMILES string of the molecule is CC(C)(C)C1C[O+]1[O-]. The van der Waals surface area contributed by atoms with Crippen molar-refractivity contribution in [2.24, 2.45) is 5.41 Å². The van der Waals surface area contributed by atoms with Crippen molar-refractivity contribution in [3.8, 4) is 0 Å². The summed E-state index contributed by atoms with van der Waals surface area (Å²) in [6.07, 6.45) is 0.211. The van der Waals surface area contributed by atoms with Gasteiger partial charge in [-0.25, -0.2) is 0 Å². The molecule has 1 heterocycles. The molecule has 0 saturated carbocycles. The van der Waals surface area contributed by atoms with Gasteiger partial charge in [0.05, 0.1) is 0 Å². The van der Waals surface area contributed by atoms with Crippen LogP contribution < -0.4 is 5.26 Å². The molecule has 0 radical (unpaired) electrons. The van der Waals surface area contributed by atoms with Crippen molar-refractivity contribution in [1.82, 2.24) is 0 Å². The fraction of sp³-hybridized carbons (Fsp3) is 1.00. The first-order valence-electron chi connectivity index (χ1n) is 2.89. The van der Waals surface area contributed by atoms with E-state index in [2.05, 4.69) is 20.8 Å². The molecule has 1 fully saturated rings. The highest BCUT2D eigenvalue weighted by atomic mass is 17.3. The molecule has 0 aliphatic carbocycles. The zero-order valence-electron chi connectivity index (χ0n) is 5.60. The minimum Gasteiger partial charge on any atom is -0.534 e. The fourth-order valence-electron chi connectivity index (χ4n) is 0.754. The van der Waals surface area contributed by atoms with Gasteiger partial charge in [0.25, 0.3) is 0 Å². The normalized spacial score (nSPS) is 30.8. The van der Waals surface area contributed by atoms with Gasteiger partial charge in [-0.3, -0.25) is 0 Å². The predicted octanol–water partition coefficient (Wildman–Crippen LogP) is 0.242. The molecule has 0 bridgehead atoms. The van der Waals surface area contributed by atoms with Gasteiger partial charge >= 0.3 is 0 Å². The standard InChI is InChI=1S/C6H12O2/c1-6(2,3)5-4-8(5)7/h5H,4H2,1-3H3. The number of hydrogen-bond donors (Lipinski definition) is 0. The van der Waals surface area contributed by atoms with Gasteiger partial charge < -0.3 is 9.78 Å². The van der Waals surface area contributed by atoms with Crippen molar-refractivity contribution in [3.05, 3.63) is 0 Å². The third kappa shape index (κ3) is 1.01. The molecule has 2 heteroatoms. The molecular weight excluding hydrogens is 104 g/mol. The molecule has 1 rings (SSSR count). The molecule has 0 aromatic rings. The number of epoxide rings is 1. The van der Waals surface area contributed by atoms with Gasteiger partial charge in [0.1, 0.15) is 0 Å². The highest BCUT2D eigenvalue weighted by Crippen LogP contribution is 2.34. The molecule has 0 spiro atoms. The Hall–Kier alpha value is -0.0800. The summed E-state index contributed by atoms with van der Waals surface area (Å²) in [4.78, 5) is 0. The Balaban J connectivity index is 2.39. The maximum atomic E-state index is 10.4.